The lowest BCUT2D eigenvalue weighted by molar-refractivity contribution is -0.152. The Morgan fingerprint density at radius 3 is 2.25 bits per heavy atom. The smallest absolute Gasteiger partial charge is 0.408 e. The molecule has 0 spiro atoms. The molecule has 1 unspecified atom stereocenters. The summed E-state index contributed by atoms with van der Waals surface area (Å²) in [5.41, 5.74) is 5.91. The topological polar surface area (TPSA) is 47.3 Å². The van der Waals surface area contributed by atoms with Crippen LogP contribution in [0.2, 0.25) is 0 Å². The van der Waals surface area contributed by atoms with Crippen LogP contribution >= 0.6 is 11.9 Å². The molecule has 0 saturated heterocycles. The fourth-order valence-corrected chi connectivity index (χ4v) is 2.23. The summed E-state index contributed by atoms with van der Waals surface area (Å²) in [5.74, 6) is 0.359. The first-order valence-electron chi connectivity index (χ1n) is 5.98. The van der Waals surface area contributed by atoms with Gasteiger partial charge in [-0.05, 0) is 38.5 Å². The van der Waals surface area contributed by atoms with E-state index in [-0.39, 0.29) is 16.0 Å². The second-order valence-corrected chi connectivity index (χ2v) is 6.97. The summed E-state index contributed by atoms with van der Waals surface area (Å²) in [6, 6.07) is 2.31. The summed E-state index contributed by atoms with van der Waals surface area (Å²) in [7, 11) is 1.42. The Kier molecular flexibility index (Phi) is 5.21. The molecule has 1 aromatic rings. The van der Waals surface area contributed by atoms with Crippen molar-refractivity contribution in [2.45, 2.75) is 37.7 Å². The van der Waals surface area contributed by atoms with Gasteiger partial charge in [-0.25, -0.2) is 4.72 Å². The Bertz CT molecular complexity index is 458. The largest absolute Gasteiger partial charge is 0.495 e. The van der Waals surface area contributed by atoms with E-state index in [1.807, 2.05) is 20.8 Å². The SMILES string of the molecule is COc1ccc(C(NSC(C)(C)C)C(F)(F)F)cc1N. The average Bonchev–Trinajstić information content (AvgIpc) is 2.26. The van der Waals surface area contributed by atoms with Gasteiger partial charge in [0.15, 0.2) is 0 Å². The van der Waals surface area contributed by atoms with Gasteiger partial charge in [0.2, 0.25) is 0 Å². The molecule has 1 aromatic carbocycles. The molecule has 0 aliphatic carbocycles. The highest BCUT2D eigenvalue weighted by Gasteiger charge is 2.41. The number of nitrogens with two attached hydrogens (primary N) is 1. The minimum atomic E-state index is -4.40. The zero-order valence-electron chi connectivity index (χ0n) is 11.8. The maximum atomic E-state index is 13.1. The van der Waals surface area contributed by atoms with E-state index in [1.165, 1.54) is 25.3 Å². The number of anilines is 1. The Labute approximate surface area is 121 Å². The van der Waals surface area contributed by atoms with E-state index >= 15 is 0 Å². The normalized spacial score (nSPS) is 14.2. The molecule has 0 heterocycles. The summed E-state index contributed by atoms with van der Waals surface area (Å²) in [4.78, 5) is 0. The summed E-state index contributed by atoms with van der Waals surface area (Å²) < 4.78 is 46.5. The number of nitrogen functional groups attached to an aromatic ring is 1. The maximum Gasteiger partial charge on any atom is 0.408 e. The van der Waals surface area contributed by atoms with E-state index in [9.17, 15) is 13.2 Å². The van der Waals surface area contributed by atoms with Gasteiger partial charge < -0.3 is 10.5 Å². The number of nitrogens with one attached hydrogen (secondary N) is 1. The quantitative estimate of drug-likeness (QED) is 0.654. The fraction of sp³-hybridized carbons (Fsp3) is 0.538. The van der Waals surface area contributed by atoms with E-state index in [0.29, 0.717) is 5.75 Å². The molecule has 114 valence electrons. The van der Waals surface area contributed by atoms with Crippen molar-refractivity contribution >= 4 is 17.6 Å². The van der Waals surface area contributed by atoms with E-state index in [0.717, 1.165) is 11.9 Å². The highest BCUT2D eigenvalue weighted by atomic mass is 32.2. The molecule has 0 aliphatic heterocycles. The molecule has 3 nitrogen and oxygen atoms in total. The minimum Gasteiger partial charge on any atom is -0.495 e. The number of hydrogen-bond donors (Lipinski definition) is 2. The van der Waals surface area contributed by atoms with E-state index < -0.39 is 12.2 Å². The van der Waals surface area contributed by atoms with Gasteiger partial charge in [0.05, 0.1) is 12.8 Å². The zero-order chi connectivity index (χ0) is 15.6. The predicted octanol–water partition coefficient (Wildman–Crippen LogP) is 3.92. The summed E-state index contributed by atoms with van der Waals surface area (Å²) in [5, 5.41) is 0. The van der Waals surface area contributed by atoms with Crippen molar-refractivity contribution in [2.24, 2.45) is 0 Å². The number of halogens is 3. The van der Waals surface area contributed by atoms with Crippen LogP contribution in [-0.4, -0.2) is 18.0 Å². The van der Waals surface area contributed by atoms with Crippen LogP contribution in [0.25, 0.3) is 0 Å². The summed E-state index contributed by atoms with van der Waals surface area (Å²) >= 11 is 1.04. The van der Waals surface area contributed by atoms with Crippen LogP contribution in [0.15, 0.2) is 18.2 Å². The van der Waals surface area contributed by atoms with Crippen molar-refractivity contribution < 1.29 is 17.9 Å². The van der Waals surface area contributed by atoms with Crippen LogP contribution in [-0.2, 0) is 0 Å². The lowest BCUT2D eigenvalue weighted by Gasteiger charge is -2.26. The number of benzene rings is 1. The van der Waals surface area contributed by atoms with Gasteiger partial charge >= 0.3 is 6.18 Å². The van der Waals surface area contributed by atoms with Crippen LogP contribution in [0, 0.1) is 0 Å². The van der Waals surface area contributed by atoms with Crippen LogP contribution < -0.4 is 15.2 Å². The van der Waals surface area contributed by atoms with Crippen LogP contribution in [0.5, 0.6) is 5.75 Å². The Morgan fingerprint density at radius 2 is 1.85 bits per heavy atom. The number of hydrogen-bond acceptors (Lipinski definition) is 4. The molecular weight excluding hydrogens is 289 g/mol. The number of ether oxygens (including phenoxy) is 1. The third kappa shape index (κ3) is 4.79. The first kappa shape index (κ1) is 17.0. The third-order valence-corrected chi connectivity index (χ3v) is 3.36. The van der Waals surface area contributed by atoms with E-state index in [4.69, 9.17) is 10.5 Å². The second kappa shape index (κ2) is 6.13. The zero-order valence-corrected chi connectivity index (χ0v) is 12.7. The number of methoxy groups -OCH3 is 1. The number of rotatable bonds is 4. The van der Waals surface area contributed by atoms with E-state index in [2.05, 4.69) is 4.72 Å². The first-order chi connectivity index (χ1) is 9.04. The molecule has 0 radical (unpaired) electrons. The number of alkyl halides is 3. The Morgan fingerprint density at radius 1 is 1.25 bits per heavy atom. The minimum absolute atomic E-state index is 0.0625. The molecule has 0 amide bonds. The molecule has 0 aliphatic rings. The maximum absolute atomic E-state index is 13.1. The lowest BCUT2D eigenvalue weighted by atomic mass is 10.1. The second-order valence-electron chi connectivity index (χ2n) is 5.31. The Balaban J connectivity index is 3.03. The summed E-state index contributed by atoms with van der Waals surface area (Å²) in [6.45, 7) is 5.50. The average molecular weight is 308 g/mol. The molecule has 7 heteroatoms. The van der Waals surface area contributed by atoms with Crippen molar-refractivity contribution in [1.29, 1.82) is 0 Å². The van der Waals surface area contributed by atoms with Gasteiger partial charge in [-0.15, -0.1) is 0 Å². The highest BCUT2D eigenvalue weighted by Crippen LogP contribution is 2.38. The molecule has 3 N–H and O–H groups in total. The molecule has 20 heavy (non-hydrogen) atoms. The van der Waals surface area contributed by atoms with Gasteiger partial charge in [0.25, 0.3) is 0 Å². The van der Waals surface area contributed by atoms with Gasteiger partial charge in [-0.2, -0.15) is 13.2 Å². The van der Waals surface area contributed by atoms with Crippen molar-refractivity contribution in [3.8, 4) is 5.75 Å². The monoisotopic (exact) mass is 308 g/mol. The molecule has 0 fully saturated rings. The predicted molar refractivity (Wildman–Crippen MR) is 76.7 cm³/mol. The first-order valence-corrected chi connectivity index (χ1v) is 6.80. The van der Waals surface area contributed by atoms with Crippen molar-refractivity contribution in [3.05, 3.63) is 23.8 Å². The van der Waals surface area contributed by atoms with Gasteiger partial charge in [-0.1, -0.05) is 18.0 Å². The molecule has 0 saturated carbocycles. The lowest BCUT2D eigenvalue weighted by Crippen LogP contribution is -2.32. The van der Waals surface area contributed by atoms with Crippen LogP contribution in [0.4, 0.5) is 18.9 Å². The van der Waals surface area contributed by atoms with Crippen molar-refractivity contribution in [2.75, 3.05) is 12.8 Å². The van der Waals surface area contributed by atoms with E-state index in [1.54, 1.807) is 0 Å². The van der Waals surface area contributed by atoms with Gasteiger partial charge in [0, 0.05) is 4.75 Å². The van der Waals surface area contributed by atoms with Crippen molar-refractivity contribution in [3.63, 3.8) is 0 Å². The van der Waals surface area contributed by atoms with Crippen molar-refractivity contribution in [1.82, 2.24) is 4.72 Å². The van der Waals surface area contributed by atoms with Gasteiger partial charge in [-0.3, -0.25) is 0 Å². The third-order valence-electron chi connectivity index (χ3n) is 2.40. The fourth-order valence-electron chi connectivity index (χ4n) is 1.49. The molecule has 1 atom stereocenters. The van der Waals surface area contributed by atoms with Crippen LogP contribution in [0.1, 0.15) is 32.4 Å². The standard InChI is InChI=1S/C13H19F3N2OS/c1-12(2,3)20-18-11(13(14,15)16)8-5-6-10(19-4)9(17)7-8/h5-7,11,18H,17H2,1-4H3. The molecule has 0 aromatic heterocycles. The molecular formula is C13H19F3N2OS. The molecule has 0 bridgehead atoms. The van der Waals surface area contributed by atoms with Crippen LogP contribution in [0.3, 0.4) is 0 Å². The highest BCUT2D eigenvalue weighted by molar-refractivity contribution is 7.98. The van der Waals surface area contributed by atoms with Gasteiger partial charge in [0.1, 0.15) is 11.8 Å². The molecule has 1 rings (SSSR count). The summed E-state index contributed by atoms with van der Waals surface area (Å²) in [6.07, 6.45) is -4.40. The Hall–Kier alpha value is -1.08.